The minimum absolute atomic E-state index is 0.181. The van der Waals surface area contributed by atoms with Crippen molar-refractivity contribution in [2.24, 2.45) is 0 Å². The molecule has 0 radical (unpaired) electrons. The van der Waals surface area contributed by atoms with Crippen LogP contribution in [-0.2, 0) is 14.3 Å². The molecule has 0 saturated heterocycles. The maximum Gasteiger partial charge on any atom is 0.193 e. The van der Waals surface area contributed by atoms with Gasteiger partial charge in [-0.15, -0.1) is 0 Å². The molecule has 0 amide bonds. The minimum atomic E-state index is -0.251. The summed E-state index contributed by atoms with van der Waals surface area (Å²) in [6.07, 6.45) is 3.10. The Kier molecular flexibility index (Phi) is 2.43. The number of hydrogen-bond donors (Lipinski definition) is 0. The van der Waals surface area contributed by atoms with Crippen LogP contribution in [0.3, 0.4) is 0 Å². The van der Waals surface area contributed by atoms with E-state index in [9.17, 15) is 9.59 Å². The Hall–Kier alpha value is -1.38. The second-order valence-electron chi connectivity index (χ2n) is 2.42. The van der Waals surface area contributed by atoms with E-state index in [1.54, 1.807) is 0 Å². The molecule has 0 bridgehead atoms. The predicted octanol–water partition coefficient (Wildman–Crippen LogP) is 1.00. The third-order valence-electron chi connectivity index (χ3n) is 1.73. The number of methoxy groups -OCH3 is 1. The van der Waals surface area contributed by atoms with Crippen LogP contribution in [0.4, 0.5) is 0 Å². The van der Waals surface area contributed by atoms with Crippen LogP contribution in [0, 0.1) is 0 Å². The predicted molar refractivity (Wildman–Crippen MR) is 43.5 cm³/mol. The Morgan fingerprint density at radius 1 is 1.33 bits per heavy atom. The van der Waals surface area contributed by atoms with E-state index in [4.69, 9.17) is 4.74 Å². The number of ketones is 2. The number of rotatable bonds is 2. The molecule has 64 valence electrons. The van der Waals surface area contributed by atoms with Gasteiger partial charge in [-0.25, -0.2) is 0 Å². The highest BCUT2D eigenvalue weighted by molar-refractivity contribution is 6.33. The van der Waals surface area contributed by atoms with E-state index in [1.807, 2.05) is 6.92 Å². The van der Waals surface area contributed by atoms with Crippen LogP contribution in [-0.4, -0.2) is 18.7 Å². The van der Waals surface area contributed by atoms with E-state index >= 15 is 0 Å². The maximum atomic E-state index is 11.1. The normalized spacial score (nSPS) is 15.7. The van der Waals surface area contributed by atoms with Crippen molar-refractivity contribution >= 4 is 11.6 Å². The Labute approximate surface area is 70.7 Å². The largest absolute Gasteiger partial charge is 0.500 e. The van der Waals surface area contributed by atoms with Gasteiger partial charge in [0.05, 0.1) is 7.11 Å². The maximum absolute atomic E-state index is 11.1. The zero-order chi connectivity index (χ0) is 9.14. The van der Waals surface area contributed by atoms with Crippen molar-refractivity contribution in [1.82, 2.24) is 0 Å². The summed E-state index contributed by atoms with van der Waals surface area (Å²) in [5.41, 5.74) is 0.181. The molecule has 0 saturated carbocycles. The summed E-state index contributed by atoms with van der Waals surface area (Å²) in [4.78, 5) is 22.2. The first-order valence-corrected chi connectivity index (χ1v) is 3.74. The van der Waals surface area contributed by atoms with Crippen LogP contribution >= 0.6 is 0 Å². The SMILES string of the molecule is CCC(OC)=C1C(=O)C=CC1=O. The Morgan fingerprint density at radius 3 is 2.17 bits per heavy atom. The van der Waals surface area contributed by atoms with E-state index in [0.717, 1.165) is 0 Å². The molecule has 0 atom stereocenters. The molecule has 0 aromatic heterocycles. The summed E-state index contributed by atoms with van der Waals surface area (Å²) >= 11 is 0. The van der Waals surface area contributed by atoms with Gasteiger partial charge in [0.1, 0.15) is 11.3 Å². The molecule has 0 aromatic rings. The van der Waals surface area contributed by atoms with Gasteiger partial charge in [-0.3, -0.25) is 9.59 Å². The van der Waals surface area contributed by atoms with Crippen molar-refractivity contribution in [1.29, 1.82) is 0 Å². The van der Waals surface area contributed by atoms with Gasteiger partial charge in [0.15, 0.2) is 11.6 Å². The molecule has 1 rings (SSSR count). The van der Waals surface area contributed by atoms with Crippen LogP contribution < -0.4 is 0 Å². The highest BCUT2D eigenvalue weighted by Crippen LogP contribution is 2.17. The van der Waals surface area contributed by atoms with Crippen molar-refractivity contribution in [3.63, 3.8) is 0 Å². The molecule has 1 aliphatic rings. The minimum Gasteiger partial charge on any atom is -0.500 e. The van der Waals surface area contributed by atoms with Gasteiger partial charge in [0.25, 0.3) is 0 Å². The third-order valence-corrected chi connectivity index (χ3v) is 1.73. The topological polar surface area (TPSA) is 43.4 Å². The monoisotopic (exact) mass is 166 g/mol. The van der Waals surface area contributed by atoms with Gasteiger partial charge < -0.3 is 4.74 Å². The summed E-state index contributed by atoms with van der Waals surface area (Å²) in [5.74, 6) is -0.0348. The number of carbonyl (C=O) groups excluding carboxylic acids is 2. The van der Waals surface area contributed by atoms with E-state index in [0.29, 0.717) is 12.2 Å². The molecule has 0 unspecified atom stereocenters. The fourth-order valence-electron chi connectivity index (χ4n) is 1.14. The highest BCUT2D eigenvalue weighted by Gasteiger charge is 2.24. The van der Waals surface area contributed by atoms with E-state index < -0.39 is 0 Å². The number of allylic oxidation sites excluding steroid dienone is 4. The smallest absolute Gasteiger partial charge is 0.193 e. The van der Waals surface area contributed by atoms with E-state index in [-0.39, 0.29) is 17.1 Å². The van der Waals surface area contributed by atoms with E-state index in [2.05, 4.69) is 0 Å². The zero-order valence-electron chi connectivity index (χ0n) is 7.09. The van der Waals surface area contributed by atoms with Gasteiger partial charge in [0.2, 0.25) is 0 Å². The third kappa shape index (κ3) is 1.30. The summed E-state index contributed by atoms with van der Waals surface area (Å²) in [6, 6.07) is 0. The number of ether oxygens (including phenoxy) is 1. The highest BCUT2D eigenvalue weighted by atomic mass is 16.5. The van der Waals surface area contributed by atoms with Crippen molar-refractivity contribution in [3.8, 4) is 0 Å². The summed E-state index contributed by atoms with van der Waals surface area (Å²) in [5, 5.41) is 0. The van der Waals surface area contributed by atoms with E-state index in [1.165, 1.54) is 19.3 Å². The van der Waals surface area contributed by atoms with Gasteiger partial charge in [0, 0.05) is 6.42 Å². The van der Waals surface area contributed by atoms with Crippen LogP contribution in [0.25, 0.3) is 0 Å². The van der Waals surface area contributed by atoms with Crippen LogP contribution in [0.15, 0.2) is 23.5 Å². The quantitative estimate of drug-likeness (QED) is 0.349. The van der Waals surface area contributed by atoms with Gasteiger partial charge >= 0.3 is 0 Å². The Balaban J connectivity index is 3.08. The first-order valence-electron chi connectivity index (χ1n) is 3.74. The molecule has 12 heavy (non-hydrogen) atoms. The van der Waals surface area contributed by atoms with Crippen molar-refractivity contribution in [2.75, 3.05) is 7.11 Å². The van der Waals surface area contributed by atoms with Gasteiger partial charge in [-0.2, -0.15) is 0 Å². The lowest BCUT2D eigenvalue weighted by Gasteiger charge is -2.04. The van der Waals surface area contributed by atoms with Crippen molar-refractivity contribution in [3.05, 3.63) is 23.5 Å². The first kappa shape index (κ1) is 8.71. The number of hydrogen-bond acceptors (Lipinski definition) is 3. The average molecular weight is 166 g/mol. The average Bonchev–Trinajstić information content (AvgIpc) is 2.38. The lowest BCUT2D eigenvalue weighted by molar-refractivity contribution is -0.115. The molecular weight excluding hydrogens is 156 g/mol. The summed E-state index contributed by atoms with van der Waals surface area (Å²) in [6.45, 7) is 1.84. The molecular formula is C9H10O3. The molecule has 3 nitrogen and oxygen atoms in total. The molecule has 3 heteroatoms. The van der Waals surface area contributed by atoms with Crippen LogP contribution in [0.1, 0.15) is 13.3 Å². The Bertz CT molecular complexity index is 258. The summed E-state index contributed by atoms with van der Waals surface area (Å²) < 4.78 is 4.92. The number of carbonyl (C=O) groups is 2. The second kappa shape index (κ2) is 3.34. The Morgan fingerprint density at radius 2 is 1.83 bits per heavy atom. The molecule has 0 heterocycles. The fourth-order valence-corrected chi connectivity index (χ4v) is 1.14. The van der Waals surface area contributed by atoms with Gasteiger partial charge in [-0.1, -0.05) is 6.92 Å². The molecule has 0 spiro atoms. The summed E-state index contributed by atoms with van der Waals surface area (Å²) in [7, 11) is 1.46. The fraction of sp³-hybridized carbons (Fsp3) is 0.333. The van der Waals surface area contributed by atoms with Gasteiger partial charge in [-0.05, 0) is 12.2 Å². The first-order chi connectivity index (χ1) is 5.70. The molecule has 1 aliphatic carbocycles. The lowest BCUT2D eigenvalue weighted by Crippen LogP contribution is -2.06. The van der Waals surface area contributed by atoms with Crippen LogP contribution in [0.5, 0.6) is 0 Å². The zero-order valence-corrected chi connectivity index (χ0v) is 7.09. The molecule has 0 N–H and O–H groups in total. The molecule has 0 aromatic carbocycles. The lowest BCUT2D eigenvalue weighted by atomic mass is 10.1. The van der Waals surface area contributed by atoms with Crippen molar-refractivity contribution < 1.29 is 14.3 Å². The van der Waals surface area contributed by atoms with Crippen molar-refractivity contribution in [2.45, 2.75) is 13.3 Å². The molecule has 0 fully saturated rings. The second-order valence-corrected chi connectivity index (χ2v) is 2.42. The van der Waals surface area contributed by atoms with Crippen LogP contribution in [0.2, 0.25) is 0 Å². The molecule has 0 aliphatic heterocycles. The standard InChI is InChI=1S/C9H10O3/c1-3-8(12-2)9-6(10)4-5-7(9)11/h4-5H,3H2,1-2H3.